The lowest BCUT2D eigenvalue weighted by molar-refractivity contribution is -0.000246. The SMILES string of the molecule is CN=C(NC)Nc1cccc(CN(C(=O)OC(C)(C)C)C(=O)OC(C)(C)C)c1. The average Bonchev–Trinajstić information content (AvgIpc) is 2.54. The van der Waals surface area contributed by atoms with Gasteiger partial charge < -0.3 is 20.1 Å². The van der Waals surface area contributed by atoms with E-state index in [2.05, 4.69) is 15.6 Å². The maximum atomic E-state index is 12.6. The Morgan fingerprint density at radius 1 is 1.04 bits per heavy atom. The van der Waals surface area contributed by atoms with Crippen LogP contribution in [0.15, 0.2) is 29.3 Å². The van der Waals surface area contributed by atoms with Gasteiger partial charge in [0.25, 0.3) is 0 Å². The minimum Gasteiger partial charge on any atom is -0.443 e. The van der Waals surface area contributed by atoms with Crippen LogP contribution in [0.2, 0.25) is 0 Å². The molecule has 1 rings (SSSR count). The van der Waals surface area contributed by atoms with Gasteiger partial charge in [0.15, 0.2) is 5.96 Å². The van der Waals surface area contributed by atoms with E-state index in [9.17, 15) is 9.59 Å². The van der Waals surface area contributed by atoms with Crippen LogP contribution in [0.3, 0.4) is 0 Å². The van der Waals surface area contributed by atoms with Crippen molar-refractivity contribution in [1.29, 1.82) is 0 Å². The van der Waals surface area contributed by atoms with Gasteiger partial charge in [-0.25, -0.2) is 14.5 Å². The van der Waals surface area contributed by atoms with Crippen LogP contribution in [0.4, 0.5) is 15.3 Å². The Bertz CT molecular complexity index is 690. The molecule has 0 saturated heterocycles. The van der Waals surface area contributed by atoms with Gasteiger partial charge in [-0.2, -0.15) is 0 Å². The normalized spacial score (nSPS) is 12.2. The number of nitrogens with one attached hydrogen (secondary N) is 2. The smallest absolute Gasteiger partial charge is 0.420 e. The standard InChI is InChI=1S/C20H32N4O4/c1-19(2,3)27-17(25)24(18(26)28-20(4,5)6)13-14-10-9-11-15(12-14)23-16(21-7)22-8/h9-12H,13H2,1-8H3,(H2,21,22,23). The largest absolute Gasteiger partial charge is 0.443 e. The van der Waals surface area contributed by atoms with E-state index in [4.69, 9.17) is 9.47 Å². The second-order valence-electron chi connectivity index (χ2n) is 8.19. The van der Waals surface area contributed by atoms with E-state index in [0.29, 0.717) is 5.96 Å². The molecule has 0 aromatic heterocycles. The summed E-state index contributed by atoms with van der Waals surface area (Å²) >= 11 is 0. The topological polar surface area (TPSA) is 92.3 Å². The van der Waals surface area contributed by atoms with Crippen LogP contribution in [0.1, 0.15) is 47.1 Å². The summed E-state index contributed by atoms with van der Waals surface area (Å²) < 4.78 is 10.8. The molecular weight excluding hydrogens is 360 g/mol. The number of amides is 2. The Hall–Kier alpha value is -2.77. The Labute approximate surface area is 167 Å². The molecule has 2 N–H and O–H groups in total. The summed E-state index contributed by atoms with van der Waals surface area (Å²) in [5, 5.41) is 6.04. The number of hydrogen-bond donors (Lipinski definition) is 2. The van der Waals surface area contributed by atoms with E-state index in [1.165, 1.54) is 0 Å². The second kappa shape index (κ2) is 9.43. The van der Waals surface area contributed by atoms with Gasteiger partial charge in [0.2, 0.25) is 0 Å². The van der Waals surface area contributed by atoms with E-state index in [-0.39, 0.29) is 6.54 Å². The summed E-state index contributed by atoms with van der Waals surface area (Å²) in [6.45, 7) is 10.5. The Kier molecular flexibility index (Phi) is 7.84. The van der Waals surface area contributed by atoms with Crippen LogP contribution < -0.4 is 10.6 Å². The van der Waals surface area contributed by atoms with E-state index in [0.717, 1.165) is 16.2 Å². The monoisotopic (exact) mass is 392 g/mol. The van der Waals surface area contributed by atoms with Crippen LogP contribution in [-0.4, -0.2) is 48.3 Å². The molecule has 1 aromatic carbocycles. The first-order chi connectivity index (χ1) is 12.8. The van der Waals surface area contributed by atoms with Gasteiger partial charge in [0.05, 0.1) is 6.54 Å². The summed E-state index contributed by atoms with van der Waals surface area (Å²) in [5.41, 5.74) is 0.0223. The first kappa shape index (κ1) is 23.3. The molecule has 0 radical (unpaired) electrons. The number of aliphatic imine (C=N–C) groups is 1. The number of carbonyl (C=O) groups is 2. The van der Waals surface area contributed by atoms with Gasteiger partial charge in [-0.05, 0) is 59.2 Å². The van der Waals surface area contributed by atoms with Crippen molar-refractivity contribution in [1.82, 2.24) is 10.2 Å². The molecule has 28 heavy (non-hydrogen) atoms. The van der Waals surface area contributed by atoms with E-state index in [1.807, 2.05) is 24.3 Å². The molecule has 0 saturated carbocycles. The van der Waals surface area contributed by atoms with Crippen LogP contribution in [0, 0.1) is 0 Å². The molecule has 0 fully saturated rings. The van der Waals surface area contributed by atoms with Crippen molar-refractivity contribution in [3.63, 3.8) is 0 Å². The van der Waals surface area contributed by atoms with Crippen LogP contribution in [-0.2, 0) is 16.0 Å². The highest BCUT2D eigenvalue weighted by Crippen LogP contribution is 2.18. The number of ether oxygens (including phenoxy) is 2. The minimum absolute atomic E-state index is 0.0114. The molecule has 0 aliphatic carbocycles. The maximum absolute atomic E-state index is 12.6. The summed E-state index contributed by atoms with van der Waals surface area (Å²) in [6, 6.07) is 7.32. The molecule has 8 nitrogen and oxygen atoms in total. The quantitative estimate of drug-likeness (QED) is 0.597. The highest BCUT2D eigenvalue weighted by molar-refractivity contribution is 5.93. The minimum atomic E-state index is -0.758. The first-order valence-electron chi connectivity index (χ1n) is 9.08. The molecule has 1 aromatic rings. The third-order valence-corrected chi connectivity index (χ3v) is 3.22. The Morgan fingerprint density at radius 3 is 2.00 bits per heavy atom. The Balaban J connectivity index is 3.08. The van der Waals surface area contributed by atoms with Crippen LogP contribution in [0.5, 0.6) is 0 Å². The lowest BCUT2D eigenvalue weighted by atomic mass is 10.2. The molecule has 0 spiro atoms. The molecule has 0 aliphatic rings. The molecule has 156 valence electrons. The third kappa shape index (κ3) is 8.28. The highest BCUT2D eigenvalue weighted by atomic mass is 16.6. The van der Waals surface area contributed by atoms with Crippen molar-refractivity contribution in [2.75, 3.05) is 19.4 Å². The number of imide groups is 1. The van der Waals surface area contributed by atoms with Crippen molar-refractivity contribution < 1.29 is 19.1 Å². The lowest BCUT2D eigenvalue weighted by Crippen LogP contribution is -2.43. The zero-order valence-electron chi connectivity index (χ0n) is 18.0. The fourth-order valence-corrected chi connectivity index (χ4v) is 2.13. The zero-order valence-corrected chi connectivity index (χ0v) is 18.0. The number of rotatable bonds is 3. The summed E-state index contributed by atoms with van der Waals surface area (Å²) in [7, 11) is 3.42. The van der Waals surface area contributed by atoms with Gasteiger partial charge in [-0.3, -0.25) is 4.99 Å². The number of guanidine groups is 1. The lowest BCUT2D eigenvalue weighted by Gasteiger charge is -2.28. The summed E-state index contributed by atoms with van der Waals surface area (Å²) in [6.07, 6.45) is -1.52. The molecule has 8 heteroatoms. The molecule has 0 aliphatic heterocycles. The molecule has 2 amide bonds. The van der Waals surface area contributed by atoms with Crippen LogP contribution in [0.25, 0.3) is 0 Å². The van der Waals surface area contributed by atoms with E-state index < -0.39 is 23.4 Å². The number of hydrogen-bond acceptors (Lipinski definition) is 5. The maximum Gasteiger partial charge on any atom is 0.420 e. The Morgan fingerprint density at radius 2 is 1.57 bits per heavy atom. The highest BCUT2D eigenvalue weighted by Gasteiger charge is 2.31. The molecule has 0 unspecified atom stereocenters. The van der Waals surface area contributed by atoms with E-state index in [1.54, 1.807) is 55.6 Å². The predicted molar refractivity (Wildman–Crippen MR) is 110 cm³/mol. The van der Waals surface area contributed by atoms with Crippen molar-refractivity contribution in [3.8, 4) is 0 Å². The van der Waals surface area contributed by atoms with Crippen molar-refractivity contribution in [3.05, 3.63) is 29.8 Å². The van der Waals surface area contributed by atoms with Crippen LogP contribution >= 0.6 is 0 Å². The fraction of sp³-hybridized carbons (Fsp3) is 0.550. The zero-order chi connectivity index (χ0) is 21.5. The number of nitrogens with zero attached hydrogens (tertiary/aromatic N) is 2. The van der Waals surface area contributed by atoms with Gasteiger partial charge in [0.1, 0.15) is 11.2 Å². The van der Waals surface area contributed by atoms with Crippen molar-refractivity contribution in [2.45, 2.75) is 59.3 Å². The molecule has 0 heterocycles. The number of benzene rings is 1. The summed E-state index contributed by atoms with van der Waals surface area (Å²) in [4.78, 5) is 30.2. The predicted octanol–water partition coefficient (Wildman–Crippen LogP) is 3.98. The van der Waals surface area contributed by atoms with Crippen molar-refractivity contribution in [2.24, 2.45) is 4.99 Å². The second-order valence-corrected chi connectivity index (χ2v) is 8.19. The van der Waals surface area contributed by atoms with Crippen molar-refractivity contribution >= 4 is 23.8 Å². The van der Waals surface area contributed by atoms with Gasteiger partial charge in [-0.15, -0.1) is 0 Å². The number of anilines is 1. The molecule has 0 atom stereocenters. The average molecular weight is 393 g/mol. The number of carbonyl (C=O) groups excluding carboxylic acids is 2. The van der Waals surface area contributed by atoms with Gasteiger partial charge >= 0.3 is 12.2 Å². The molecule has 0 bridgehead atoms. The van der Waals surface area contributed by atoms with Gasteiger partial charge in [0, 0.05) is 19.8 Å². The van der Waals surface area contributed by atoms with E-state index >= 15 is 0 Å². The first-order valence-corrected chi connectivity index (χ1v) is 9.08. The summed E-state index contributed by atoms with van der Waals surface area (Å²) in [5.74, 6) is 0.591. The van der Waals surface area contributed by atoms with Gasteiger partial charge in [-0.1, -0.05) is 12.1 Å². The fourth-order valence-electron chi connectivity index (χ4n) is 2.13. The molecular formula is C20H32N4O4. The third-order valence-electron chi connectivity index (χ3n) is 3.22.